The number of hydrogen-bond acceptors (Lipinski definition) is 6. The second-order valence-electron chi connectivity index (χ2n) is 8.79. The van der Waals surface area contributed by atoms with Gasteiger partial charge in [-0.05, 0) is 36.8 Å². The number of nitrogens with zero attached hydrogens (tertiary/aromatic N) is 4. The van der Waals surface area contributed by atoms with Crippen molar-refractivity contribution in [3.8, 4) is 0 Å². The largest absolute Gasteiger partial charge is 0.370 e. The maximum atomic E-state index is 13.5. The monoisotopic (exact) mass is 475 g/mol. The molecule has 0 saturated carbocycles. The Bertz CT molecular complexity index is 1450. The second-order valence-corrected chi connectivity index (χ2v) is 8.79. The molecule has 0 aliphatic carbocycles. The van der Waals surface area contributed by atoms with Crippen LogP contribution >= 0.6 is 0 Å². The summed E-state index contributed by atoms with van der Waals surface area (Å²) in [6.07, 6.45) is 5.08. The van der Waals surface area contributed by atoms with Crippen LogP contribution in [0.2, 0.25) is 0 Å². The summed E-state index contributed by atoms with van der Waals surface area (Å²) in [4.78, 5) is 36.9. The molecule has 0 radical (unpaired) electrons. The number of nitrogens with two attached hydrogens (primary N) is 1. The van der Waals surface area contributed by atoms with Crippen LogP contribution in [0, 0.1) is 6.92 Å². The molecule has 0 atom stereocenters. The van der Waals surface area contributed by atoms with Gasteiger partial charge in [0.25, 0.3) is 17.1 Å². The predicted octanol–water partition coefficient (Wildman–Crippen LogP) is -0.886. The first kappa shape index (κ1) is 22.9. The van der Waals surface area contributed by atoms with E-state index < -0.39 is 0 Å². The van der Waals surface area contributed by atoms with Gasteiger partial charge in [-0.15, -0.1) is 0 Å². The molecule has 4 N–H and O–H groups in total. The fourth-order valence-electron chi connectivity index (χ4n) is 4.48. The molecule has 10 heteroatoms. The molecule has 0 unspecified atom stereocenters. The van der Waals surface area contributed by atoms with E-state index in [1.165, 1.54) is 9.30 Å². The van der Waals surface area contributed by atoms with E-state index in [0.29, 0.717) is 29.8 Å². The lowest BCUT2D eigenvalue weighted by molar-refractivity contribution is -0.906. The third kappa shape index (κ3) is 4.58. The lowest BCUT2D eigenvalue weighted by atomic mass is 10.1. The van der Waals surface area contributed by atoms with E-state index in [-0.39, 0.29) is 22.8 Å². The summed E-state index contributed by atoms with van der Waals surface area (Å²) >= 11 is 0. The normalized spacial score (nSPS) is 14.4. The summed E-state index contributed by atoms with van der Waals surface area (Å²) in [6, 6.07) is 9.02. The number of rotatable bonds is 6. The molecule has 4 aromatic heterocycles. The van der Waals surface area contributed by atoms with E-state index in [4.69, 9.17) is 15.5 Å². The minimum absolute atomic E-state index is 0.246. The zero-order valence-corrected chi connectivity index (χ0v) is 19.7. The highest BCUT2D eigenvalue weighted by Crippen LogP contribution is 2.16. The molecule has 0 bridgehead atoms. The van der Waals surface area contributed by atoms with Crippen LogP contribution in [0.25, 0.3) is 16.7 Å². The van der Waals surface area contributed by atoms with Crippen molar-refractivity contribution in [1.82, 2.24) is 19.7 Å². The maximum Gasteiger partial charge on any atom is 0.278 e. The quantitative estimate of drug-likeness (QED) is 0.246. The van der Waals surface area contributed by atoms with E-state index in [9.17, 15) is 9.59 Å². The van der Waals surface area contributed by atoms with Crippen molar-refractivity contribution in [2.45, 2.75) is 13.5 Å². The number of amides is 1. The van der Waals surface area contributed by atoms with Crippen LogP contribution < -0.4 is 26.1 Å². The van der Waals surface area contributed by atoms with Crippen LogP contribution in [0.4, 0.5) is 5.82 Å². The lowest BCUT2D eigenvalue weighted by Crippen LogP contribution is -3.14. The van der Waals surface area contributed by atoms with Gasteiger partial charge in [0.05, 0.1) is 32.8 Å². The van der Waals surface area contributed by atoms with Crippen molar-refractivity contribution in [3.63, 3.8) is 0 Å². The Balaban J connectivity index is 1.57. The van der Waals surface area contributed by atoms with Gasteiger partial charge >= 0.3 is 0 Å². The third-order valence-electron chi connectivity index (χ3n) is 6.47. The molecule has 5 heterocycles. The fourth-order valence-corrected chi connectivity index (χ4v) is 4.48. The minimum atomic E-state index is -0.311. The molecule has 1 amide bonds. The maximum absolute atomic E-state index is 13.5. The van der Waals surface area contributed by atoms with Gasteiger partial charge in [-0.3, -0.25) is 19.0 Å². The number of morpholine rings is 1. The first-order valence-corrected chi connectivity index (χ1v) is 11.8. The number of aryl methyl sites for hydroxylation is 1. The number of anilines is 1. The Morgan fingerprint density at radius 3 is 2.80 bits per heavy atom. The molecular formula is C25H29N7O3+2. The highest BCUT2D eigenvalue weighted by molar-refractivity contribution is 6.00. The van der Waals surface area contributed by atoms with Gasteiger partial charge < -0.3 is 20.7 Å². The topological polar surface area (TPSA) is 120 Å². The molecule has 0 aromatic carbocycles. The van der Waals surface area contributed by atoms with Crippen molar-refractivity contribution in [2.24, 2.45) is 0 Å². The average Bonchev–Trinajstić information content (AvgIpc) is 2.88. The second kappa shape index (κ2) is 9.77. The smallest absolute Gasteiger partial charge is 0.278 e. The summed E-state index contributed by atoms with van der Waals surface area (Å²) in [6.45, 7) is 6.88. The number of ether oxygens (including phenoxy) is 1. The van der Waals surface area contributed by atoms with Crippen LogP contribution in [0.15, 0.2) is 53.7 Å². The molecule has 0 spiro atoms. The van der Waals surface area contributed by atoms with Gasteiger partial charge in [0.2, 0.25) is 11.5 Å². The number of nitrogens with one attached hydrogen (secondary N) is 2. The number of nitrogen functional groups attached to an aromatic ring is 1. The minimum Gasteiger partial charge on any atom is -0.370 e. The van der Waals surface area contributed by atoms with Crippen molar-refractivity contribution < 1.29 is 19.0 Å². The zero-order valence-electron chi connectivity index (χ0n) is 19.7. The Kier molecular flexibility index (Phi) is 6.39. The van der Waals surface area contributed by atoms with Gasteiger partial charge in [-0.1, -0.05) is 11.1 Å². The Morgan fingerprint density at radius 1 is 1.26 bits per heavy atom. The Hall–Kier alpha value is -3.89. The van der Waals surface area contributed by atoms with Gasteiger partial charge in [-0.2, -0.15) is 0 Å². The van der Waals surface area contributed by atoms with Gasteiger partial charge in [0, 0.05) is 24.2 Å². The first-order valence-electron chi connectivity index (χ1n) is 11.8. The fraction of sp³-hybridized carbons (Fsp3) is 0.320. The van der Waals surface area contributed by atoms with Crippen molar-refractivity contribution in [3.05, 3.63) is 76.0 Å². The SMILES string of the molecule is Cc1cccn2c(=O)c3cc(C(=O)NCC[NH+]4CCOCC4)c(N)[n+](Cc4ccncc4)c3nc12. The van der Waals surface area contributed by atoms with Crippen LogP contribution in [0.3, 0.4) is 0 Å². The van der Waals surface area contributed by atoms with Crippen molar-refractivity contribution in [1.29, 1.82) is 0 Å². The zero-order chi connectivity index (χ0) is 24.4. The predicted molar refractivity (Wildman–Crippen MR) is 130 cm³/mol. The number of carbonyl (C=O) groups is 1. The number of hydrogen-bond donors (Lipinski definition) is 3. The number of aromatic nitrogens is 4. The molecule has 35 heavy (non-hydrogen) atoms. The molecular weight excluding hydrogens is 446 g/mol. The van der Waals surface area contributed by atoms with Crippen LogP contribution in [0.5, 0.6) is 0 Å². The van der Waals surface area contributed by atoms with Crippen molar-refractivity contribution in [2.75, 3.05) is 45.1 Å². The highest BCUT2D eigenvalue weighted by Gasteiger charge is 2.25. The molecule has 1 aliphatic heterocycles. The Labute approximate surface area is 202 Å². The summed E-state index contributed by atoms with van der Waals surface area (Å²) in [5, 5.41) is 3.31. The summed E-state index contributed by atoms with van der Waals surface area (Å²) in [5.41, 5.74) is 9.36. The van der Waals surface area contributed by atoms with Crippen molar-refractivity contribution >= 4 is 28.4 Å². The number of pyridine rings is 3. The number of carbonyl (C=O) groups excluding carboxylic acids is 1. The summed E-state index contributed by atoms with van der Waals surface area (Å²) in [5.74, 6) is -0.0513. The molecule has 4 aromatic rings. The van der Waals surface area contributed by atoms with Gasteiger partial charge in [-0.25, -0.2) is 4.57 Å². The average molecular weight is 476 g/mol. The molecule has 180 valence electrons. The Morgan fingerprint density at radius 2 is 2.03 bits per heavy atom. The van der Waals surface area contributed by atoms with Gasteiger partial charge in [0.15, 0.2) is 0 Å². The van der Waals surface area contributed by atoms with Crippen LogP contribution in [-0.2, 0) is 11.3 Å². The molecule has 5 rings (SSSR count). The van der Waals surface area contributed by atoms with E-state index in [2.05, 4.69) is 10.3 Å². The summed E-state index contributed by atoms with van der Waals surface area (Å²) in [7, 11) is 0. The van der Waals surface area contributed by atoms with Crippen LogP contribution in [0.1, 0.15) is 21.5 Å². The van der Waals surface area contributed by atoms with Crippen LogP contribution in [-0.4, -0.2) is 59.7 Å². The van der Waals surface area contributed by atoms with E-state index in [1.807, 2.05) is 25.1 Å². The summed E-state index contributed by atoms with van der Waals surface area (Å²) < 4.78 is 8.64. The standard InChI is InChI=1S/C25H27N7O3/c1-17-3-2-9-31-22(17)29-23-20(25(31)34)15-19(21(26)32(23)16-18-4-6-27-7-5-18)24(33)28-8-10-30-11-13-35-14-12-30/h2-7,9,15,26H,8,10-14,16H2,1H3,(H,28,33)/p+2. The van der Waals surface area contributed by atoms with E-state index in [0.717, 1.165) is 44.0 Å². The molecule has 1 fully saturated rings. The lowest BCUT2D eigenvalue weighted by Gasteiger charge is -2.23. The molecule has 1 aliphatic rings. The number of fused-ring (bicyclic) bond motifs is 2. The molecule has 10 nitrogen and oxygen atoms in total. The molecule has 1 saturated heterocycles. The number of quaternary nitrogens is 1. The third-order valence-corrected chi connectivity index (χ3v) is 6.47. The van der Waals surface area contributed by atoms with E-state index >= 15 is 0 Å². The van der Waals surface area contributed by atoms with E-state index in [1.54, 1.807) is 35.3 Å². The highest BCUT2D eigenvalue weighted by atomic mass is 16.5. The first-order chi connectivity index (χ1) is 17.0. The van der Waals surface area contributed by atoms with Gasteiger partial charge in [0.1, 0.15) is 24.0 Å².